The van der Waals surface area contributed by atoms with E-state index < -0.39 is 11.4 Å². The van der Waals surface area contributed by atoms with Gasteiger partial charge in [0.1, 0.15) is 23.5 Å². The molecule has 0 saturated carbocycles. The van der Waals surface area contributed by atoms with Gasteiger partial charge in [-0.2, -0.15) is 5.10 Å². The average Bonchev–Trinajstić information content (AvgIpc) is 3.26. The molecule has 3 heterocycles. The highest BCUT2D eigenvalue weighted by Crippen LogP contribution is 2.49. The predicted molar refractivity (Wildman–Crippen MR) is 97.8 cm³/mol. The number of carbonyl (C=O) groups is 2. The maximum atomic E-state index is 13.0. The lowest BCUT2D eigenvalue weighted by atomic mass is 9.73. The zero-order valence-electron chi connectivity index (χ0n) is 15.4. The van der Waals surface area contributed by atoms with Gasteiger partial charge in [0, 0.05) is 30.3 Å². The molecule has 7 nitrogen and oxygen atoms in total. The van der Waals surface area contributed by atoms with Gasteiger partial charge in [-0.1, -0.05) is 32.0 Å². The van der Waals surface area contributed by atoms with Gasteiger partial charge in [0.2, 0.25) is 0 Å². The third-order valence-corrected chi connectivity index (χ3v) is 5.51. The van der Waals surface area contributed by atoms with E-state index in [9.17, 15) is 14.7 Å². The van der Waals surface area contributed by atoms with Crippen LogP contribution in [0.5, 0.6) is 5.75 Å². The van der Waals surface area contributed by atoms with Gasteiger partial charge in [-0.3, -0.25) is 14.7 Å². The number of rotatable bonds is 4. The van der Waals surface area contributed by atoms with E-state index >= 15 is 0 Å². The summed E-state index contributed by atoms with van der Waals surface area (Å²) in [5.74, 6) is -0.314. The Kier molecular flexibility index (Phi) is 4.17. The van der Waals surface area contributed by atoms with Crippen LogP contribution in [0.3, 0.4) is 0 Å². The van der Waals surface area contributed by atoms with Gasteiger partial charge in [-0.15, -0.1) is 0 Å². The number of hydrogen-bond donors (Lipinski definition) is 2. The molecule has 2 aromatic rings. The van der Waals surface area contributed by atoms with E-state index in [2.05, 4.69) is 24.0 Å². The lowest BCUT2D eigenvalue weighted by Gasteiger charge is -2.35. The second kappa shape index (κ2) is 6.40. The van der Waals surface area contributed by atoms with Crippen molar-refractivity contribution in [1.82, 2.24) is 15.1 Å². The van der Waals surface area contributed by atoms with Gasteiger partial charge in [-0.05, 0) is 24.5 Å². The summed E-state index contributed by atoms with van der Waals surface area (Å²) in [6, 6.07) is 9.24. The molecule has 4 rings (SSSR count). The summed E-state index contributed by atoms with van der Waals surface area (Å²) in [5.41, 5.74) is 0.968. The molecule has 1 amide bonds. The van der Waals surface area contributed by atoms with Gasteiger partial charge in [0.05, 0.1) is 0 Å². The van der Waals surface area contributed by atoms with Gasteiger partial charge in [-0.25, -0.2) is 0 Å². The number of aliphatic carboxylic acids is 1. The molecule has 1 aromatic heterocycles. The molecular formula is C20H23N3O4. The first-order valence-corrected chi connectivity index (χ1v) is 9.19. The van der Waals surface area contributed by atoms with Crippen LogP contribution in [-0.4, -0.2) is 51.8 Å². The van der Waals surface area contributed by atoms with E-state index in [0.29, 0.717) is 23.9 Å². The number of likely N-dealkylation sites (tertiary alicyclic amines) is 1. The second-order valence-corrected chi connectivity index (χ2v) is 7.90. The Morgan fingerprint density at radius 3 is 2.93 bits per heavy atom. The number of hydrogen-bond acceptors (Lipinski definition) is 4. The van der Waals surface area contributed by atoms with Crippen molar-refractivity contribution in [2.75, 3.05) is 19.7 Å². The van der Waals surface area contributed by atoms with Crippen molar-refractivity contribution in [3.05, 3.63) is 47.3 Å². The number of nitrogens with zero attached hydrogens (tertiary/aromatic N) is 2. The number of aromatic amines is 1. The van der Waals surface area contributed by atoms with Crippen LogP contribution in [0, 0.1) is 11.3 Å². The summed E-state index contributed by atoms with van der Waals surface area (Å²) in [7, 11) is 0. The molecule has 2 aliphatic heterocycles. The lowest BCUT2D eigenvalue weighted by molar-refractivity contribution is -0.151. The molecule has 1 aromatic carbocycles. The zero-order chi connectivity index (χ0) is 19.2. The summed E-state index contributed by atoms with van der Waals surface area (Å²) in [6.45, 7) is 4.72. The van der Waals surface area contributed by atoms with E-state index in [-0.39, 0.29) is 25.0 Å². The van der Waals surface area contributed by atoms with Crippen LogP contribution in [0.25, 0.3) is 0 Å². The van der Waals surface area contributed by atoms with Crippen molar-refractivity contribution in [3.8, 4) is 5.75 Å². The van der Waals surface area contributed by atoms with E-state index in [0.717, 1.165) is 17.7 Å². The van der Waals surface area contributed by atoms with Crippen molar-refractivity contribution in [3.63, 3.8) is 0 Å². The van der Waals surface area contributed by atoms with Crippen molar-refractivity contribution >= 4 is 11.9 Å². The zero-order valence-corrected chi connectivity index (χ0v) is 15.4. The highest BCUT2D eigenvalue weighted by molar-refractivity contribution is 5.93. The fourth-order valence-electron chi connectivity index (χ4n) is 4.17. The van der Waals surface area contributed by atoms with Gasteiger partial charge in [0.15, 0.2) is 0 Å². The summed E-state index contributed by atoms with van der Waals surface area (Å²) in [6.07, 6.45) is 0.809. The number of aromatic nitrogens is 2. The van der Waals surface area contributed by atoms with E-state index in [1.165, 1.54) is 0 Å². The van der Waals surface area contributed by atoms with Crippen molar-refractivity contribution < 1.29 is 19.4 Å². The van der Waals surface area contributed by atoms with Crippen LogP contribution in [0.15, 0.2) is 30.3 Å². The van der Waals surface area contributed by atoms with Crippen LogP contribution in [-0.2, 0) is 11.2 Å². The molecule has 7 heteroatoms. The summed E-state index contributed by atoms with van der Waals surface area (Å²) >= 11 is 0. The fourth-order valence-corrected chi connectivity index (χ4v) is 4.17. The first-order valence-electron chi connectivity index (χ1n) is 9.19. The summed E-state index contributed by atoms with van der Waals surface area (Å²) in [4.78, 5) is 26.7. The predicted octanol–water partition coefficient (Wildman–Crippen LogP) is 2.31. The number of carboxylic acid groups (broad SMARTS) is 1. The lowest BCUT2D eigenvalue weighted by Crippen LogP contribution is -2.46. The van der Waals surface area contributed by atoms with Gasteiger partial charge >= 0.3 is 5.97 Å². The molecule has 1 saturated heterocycles. The highest BCUT2D eigenvalue weighted by atomic mass is 16.5. The Balaban J connectivity index is 1.62. The minimum Gasteiger partial charge on any atom is -0.492 e. The number of amides is 1. The van der Waals surface area contributed by atoms with E-state index in [4.69, 9.17) is 4.74 Å². The first-order chi connectivity index (χ1) is 12.9. The Hall–Kier alpha value is -2.83. The van der Waals surface area contributed by atoms with Crippen LogP contribution < -0.4 is 4.74 Å². The molecule has 0 spiro atoms. The molecule has 0 radical (unpaired) electrons. The Morgan fingerprint density at radius 1 is 1.41 bits per heavy atom. The third kappa shape index (κ3) is 2.87. The van der Waals surface area contributed by atoms with Crippen molar-refractivity contribution in [2.24, 2.45) is 11.3 Å². The summed E-state index contributed by atoms with van der Waals surface area (Å²) < 4.78 is 5.74. The quantitative estimate of drug-likeness (QED) is 0.862. The van der Waals surface area contributed by atoms with Gasteiger partial charge in [0.25, 0.3) is 5.91 Å². The largest absolute Gasteiger partial charge is 0.492 e. The number of ether oxygens (including phenoxy) is 1. The topological polar surface area (TPSA) is 95.5 Å². The molecule has 2 N–H and O–H groups in total. The number of nitrogens with one attached hydrogen (secondary N) is 1. The van der Waals surface area contributed by atoms with E-state index in [1.54, 1.807) is 11.0 Å². The summed E-state index contributed by atoms with van der Waals surface area (Å²) in [5, 5.41) is 17.0. The minimum absolute atomic E-state index is 0.0625. The van der Waals surface area contributed by atoms with Gasteiger partial charge < -0.3 is 14.7 Å². The Bertz CT molecular complexity index is 891. The minimum atomic E-state index is -1.12. The van der Waals surface area contributed by atoms with Crippen LogP contribution in [0.1, 0.15) is 41.5 Å². The molecule has 2 atom stereocenters. The number of carbonyl (C=O) groups excluding carboxylic acids is 1. The second-order valence-electron chi connectivity index (χ2n) is 7.90. The Labute approximate surface area is 157 Å². The number of carboxylic acids is 1. The van der Waals surface area contributed by atoms with E-state index in [1.807, 2.05) is 24.3 Å². The molecule has 27 heavy (non-hydrogen) atoms. The number of fused-ring (bicyclic) bond motifs is 3. The smallest absolute Gasteiger partial charge is 0.315 e. The molecule has 142 valence electrons. The number of benzene rings is 1. The monoisotopic (exact) mass is 369 g/mol. The fraction of sp³-hybridized carbons (Fsp3) is 0.450. The SMILES string of the molecule is CC(C)Cc1cc(C(=O)N2C[C@H]3c4ccccc4OC[C@@]3(C(=O)O)C2)n[nH]1. The standard InChI is InChI=1S/C20H23N3O4/c1-12(2)7-13-8-16(22-21-13)18(24)23-9-15-14-5-3-4-6-17(14)27-11-20(15,10-23)19(25)26/h3-6,8,12,15H,7,9-11H2,1-2H3,(H,21,22)(H,25,26)/t15-,20-/m0/s1. The molecule has 0 bridgehead atoms. The van der Waals surface area contributed by atoms with Crippen molar-refractivity contribution in [1.29, 1.82) is 0 Å². The molecular weight excluding hydrogens is 346 g/mol. The van der Waals surface area contributed by atoms with Crippen LogP contribution in [0.4, 0.5) is 0 Å². The molecule has 0 aliphatic carbocycles. The average molecular weight is 369 g/mol. The third-order valence-electron chi connectivity index (χ3n) is 5.51. The maximum absolute atomic E-state index is 13.0. The highest BCUT2D eigenvalue weighted by Gasteiger charge is 2.57. The van der Waals surface area contributed by atoms with Crippen molar-refractivity contribution in [2.45, 2.75) is 26.2 Å². The maximum Gasteiger partial charge on any atom is 0.315 e. The molecule has 1 fully saturated rings. The first kappa shape index (κ1) is 17.6. The van der Waals surface area contributed by atoms with Crippen LogP contribution >= 0.6 is 0 Å². The number of H-pyrrole nitrogens is 1. The number of para-hydroxylation sites is 1. The van der Waals surface area contributed by atoms with Crippen LogP contribution in [0.2, 0.25) is 0 Å². The normalized spacial score (nSPS) is 23.7. The molecule has 2 aliphatic rings. The Morgan fingerprint density at radius 2 is 2.19 bits per heavy atom. The molecule has 0 unspecified atom stereocenters.